The third-order valence-electron chi connectivity index (χ3n) is 3.15. The van der Waals surface area contributed by atoms with E-state index in [2.05, 4.69) is 11.4 Å². The quantitative estimate of drug-likeness (QED) is 0.849. The maximum Gasteiger partial charge on any atom is 0.101 e. The van der Waals surface area contributed by atoms with E-state index in [1.807, 2.05) is 6.07 Å². The van der Waals surface area contributed by atoms with Crippen LogP contribution in [0.25, 0.3) is 0 Å². The number of nitrogens with zero attached hydrogens (tertiary/aromatic N) is 1. The van der Waals surface area contributed by atoms with Gasteiger partial charge in [-0.05, 0) is 43.9 Å². The second kappa shape index (κ2) is 5.39. The van der Waals surface area contributed by atoms with Crippen molar-refractivity contribution in [2.45, 2.75) is 37.8 Å². The summed E-state index contributed by atoms with van der Waals surface area (Å²) in [6.45, 7) is 0. The molecule has 0 heterocycles. The van der Waals surface area contributed by atoms with Crippen molar-refractivity contribution in [3.63, 3.8) is 0 Å². The predicted molar refractivity (Wildman–Crippen MR) is 68.1 cm³/mol. The monoisotopic (exact) mass is 250 g/mol. The summed E-state index contributed by atoms with van der Waals surface area (Å²) in [4.78, 5) is 0. The highest BCUT2D eigenvalue weighted by Gasteiger charge is 2.19. The molecule has 0 radical (unpaired) electrons. The Bertz CT molecular complexity index is 434. The molecule has 0 amide bonds. The maximum atomic E-state index is 9.42. The van der Waals surface area contributed by atoms with Crippen molar-refractivity contribution < 1.29 is 5.11 Å². The van der Waals surface area contributed by atoms with Gasteiger partial charge >= 0.3 is 0 Å². The van der Waals surface area contributed by atoms with Gasteiger partial charge in [-0.3, -0.25) is 0 Å². The van der Waals surface area contributed by atoms with Gasteiger partial charge in [0.05, 0.1) is 16.7 Å². The van der Waals surface area contributed by atoms with Gasteiger partial charge in [0.15, 0.2) is 0 Å². The van der Waals surface area contributed by atoms with Crippen molar-refractivity contribution in [2.75, 3.05) is 5.32 Å². The van der Waals surface area contributed by atoms with E-state index in [-0.39, 0.29) is 6.10 Å². The van der Waals surface area contributed by atoms with E-state index in [9.17, 15) is 5.11 Å². The third kappa shape index (κ3) is 3.12. The summed E-state index contributed by atoms with van der Waals surface area (Å²) >= 11 is 5.87. The largest absolute Gasteiger partial charge is 0.393 e. The first-order valence-electron chi connectivity index (χ1n) is 5.83. The molecule has 1 aliphatic rings. The van der Waals surface area contributed by atoms with Gasteiger partial charge in [-0.15, -0.1) is 0 Å². The van der Waals surface area contributed by atoms with E-state index < -0.39 is 0 Å². The molecular formula is C13H15ClN2O. The summed E-state index contributed by atoms with van der Waals surface area (Å²) < 4.78 is 0. The fourth-order valence-electron chi connectivity index (χ4n) is 2.16. The number of aliphatic hydroxyl groups is 1. The number of nitriles is 1. The fourth-order valence-corrected chi connectivity index (χ4v) is 2.32. The summed E-state index contributed by atoms with van der Waals surface area (Å²) in [6, 6.07) is 7.84. The standard InChI is InChI=1S/C13H15ClN2O/c14-13-6-3-11(7-9(13)8-15)16-10-1-4-12(17)5-2-10/h3,6-7,10,12,16-17H,1-2,4-5H2. The van der Waals surface area contributed by atoms with Crippen LogP contribution in [0.4, 0.5) is 5.69 Å². The molecule has 2 rings (SSSR count). The van der Waals surface area contributed by atoms with E-state index in [4.69, 9.17) is 16.9 Å². The molecule has 4 heteroatoms. The van der Waals surface area contributed by atoms with Crippen LogP contribution in [0.3, 0.4) is 0 Å². The average molecular weight is 251 g/mol. The molecule has 17 heavy (non-hydrogen) atoms. The van der Waals surface area contributed by atoms with Crippen molar-refractivity contribution in [1.29, 1.82) is 5.26 Å². The molecule has 0 saturated heterocycles. The molecule has 1 aliphatic carbocycles. The van der Waals surface area contributed by atoms with Gasteiger partial charge in [0.1, 0.15) is 6.07 Å². The molecule has 0 atom stereocenters. The molecule has 0 unspecified atom stereocenters. The normalized spacial score (nSPS) is 24.1. The average Bonchev–Trinajstić information content (AvgIpc) is 2.34. The van der Waals surface area contributed by atoms with Gasteiger partial charge < -0.3 is 10.4 Å². The van der Waals surface area contributed by atoms with Gasteiger partial charge in [0.25, 0.3) is 0 Å². The summed E-state index contributed by atoms with van der Waals surface area (Å²) in [7, 11) is 0. The zero-order valence-corrected chi connectivity index (χ0v) is 10.2. The van der Waals surface area contributed by atoms with E-state index in [0.29, 0.717) is 16.6 Å². The Morgan fingerprint density at radius 3 is 2.65 bits per heavy atom. The van der Waals surface area contributed by atoms with E-state index >= 15 is 0 Å². The van der Waals surface area contributed by atoms with Crippen LogP contribution in [0.1, 0.15) is 31.2 Å². The Kier molecular flexibility index (Phi) is 3.88. The molecular weight excluding hydrogens is 236 g/mol. The topological polar surface area (TPSA) is 56.0 Å². The van der Waals surface area contributed by atoms with E-state index in [1.165, 1.54) is 0 Å². The lowest BCUT2D eigenvalue weighted by molar-refractivity contribution is 0.126. The molecule has 90 valence electrons. The van der Waals surface area contributed by atoms with Crippen molar-refractivity contribution in [1.82, 2.24) is 0 Å². The minimum Gasteiger partial charge on any atom is -0.393 e. The first kappa shape index (κ1) is 12.2. The third-order valence-corrected chi connectivity index (χ3v) is 3.48. The zero-order valence-electron chi connectivity index (χ0n) is 9.49. The molecule has 3 nitrogen and oxygen atoms in total. The molecule has 1 fully saturated rings. The lowest BCUT2D eigenvalue weighted by atomic mass is 9.93. The smallest absolute Gasteiger partial charge is 0.101 e. The number of hydrogen-bond acceptors (Lipinski definition) is 3. The second-order valence-corrected chi connectivity index (χ2v) is 4.86. The van der Waals surface area contributed by atoms with Crippen LogP contribution in [0.2, 0.25) is 5.02 Å². The Morgan fingerprint density at radius 1 is 1.29 bits per heavy atom. The lowest BCUT2D eigenvalue weighted by Crippen LogP contribution is -2.28. The molecule has 2 N–H and O–H groups in total. The van der Waals surface area contributed by atoms with Crippen LogP contribution in [0.15, 0.2) is 18.2 Å². The van der Waals surface area contributed by atoms with Gasteiger partial charge in [-0.2, -0.15) is 5.26 Å². The van der Waals surface area contributed by atoms with Crippen LogP contribution in [-0.4, -0.2) is 17.3 Å². The van der Waals surface area contributed by atoms with Crippen LogP contribution in [-0.2, 0) is 0 Å². The SMILES string of the molecule is N#Cc1cc(NC2CCC(O)CC2)ccc1Cl. The molecule has 0 aliphatic heterocycles. The maximum absolute atomic E-state index is 9.42. The van der Waals surface area contributed by atoms with Crippen LogP contribution in [0, 0.1) is 11.3 Å². The summed E-state index contributed by atoms with van der Waals surface area (Å²) in [5.74, 6) is 0. The predicted octanol–water partition coefficient (Wildman–Crippen LogP) is 2.93. The lowest BCUT2D eigenvalue weighted by Gasteiger charge is -2.27. The minimum absolute atomic E-state index is 0.145. The van der Waals surface area contributed by atoms with Crippen LogP contribution in [0.5, 0.6) is 0 Å². The highest BCUT2D eigenvalue weighted by Crippen LogP contribution is 2.24. The van der Waals surface area contributed by atoms with E-state index in [0.717, 1.165) is 31.4 Å². The summed E-state index contributed by atoms with van der Waals surface area (Å²) in [6.07, 6.45) is 3.47. The number of halogens is 1. The highest BCUT2D eigenvalue weighted by atomic mass is 35.5. The van der Waals surface area contributed by atoms with Crippen molar-refractivity contribution in [3.05, 3.63) is 28.8 Å². The number of anilines is 1. The number of aliphatic hydroxyl groups excluding tert-OH is 1. The molecule has 0 spiro atoms. The van der Waals surface area contributed by atoms with Crippen LogP contribution < -0.4 is 5.32 Å². The van der Waals surface area contributed by atoms with Gasteiger partial charge in [0.2, 0.25) is 0 Å². The van der Waals surface area contributed by atoms with Crippen molar-refractivity contribution in [3.8, 4) is 6.07 Å². The summed E-state index contributed by atoms with van der Waals surface area (Å²) in [5.41, 5.74) is 1.42. The minimum atomic E-state index is -0.145. The van der Waals surface area contributed by atoms with Gasteiger partial charge in [-0.1, -0.05) is 11.6 Å². The Hall–Kier alpha value is -1.24. The van der Waals surface area contributed by atoms with Crippen molar-refractivity contribution in [2.24, 2.45) is 0 Å². The van der Waals surface area contributed by atoms with Crippen molar-refractivity contribution >= 4 is 17.3 Å². The molecule has 1 aromatic rings. The zero-order chi connectivity index (χ0) is 12.3. The molecule has 0 bridgehead atoms. The Morgan fingerprint density at radius 2 is 2.00 bits per heavy atom. The number of rotatable bonds is 2. The Labute approximate surface area is 106 Å². The van der Waals surface area contributed by atoms with Gasteiger partial charge in [0, 0.05) is 11.7 Å². The van der Waals surface area contributed by atoms with E-state index in [1.54, 1.807) is 12.1 Å². The number of benzene rings is 1. The fraction of sp³-hybridized carbons (Fsp3) is 0.462. The molecule has 1 saturated carbocycles. The first-order chi connectivity index (χ1) is 8.19. The Balaban J connectivity index is 2.02. The number of hydrogen-bond donors (Lipinski definition) is 2. The highest BCUT2D eigenvalue weighted by molar-refractivity contribution is 6.31. The number of nitrogens with one attached hydrogen (secondary N) is 1. The summed E-state index contributed by atoms with van der Waals surface area (Å²) in [5, 5.41) is 22.2. The molecule has 0 aromatic heterocycles. The first-order valence-corrected chi connectivity index (χ1v) is 6.21. The van der Waals surface area contributed by atoms with Crippen LogP contribution >= 0.6 is 11.6 Å². The second-order valence-electron chi connectivity index (χ2n) is 4.46. The molecule has 1 aromatic carbocycles. The van der Waals surface area contributed by atoms with Gasteiger partial charge in [-0.25, -0.2) is 0 Å².